The number of amides is 2. The van der Waals surface area contributed by atoms with Gasteiger partial charge in [-0.3, -0.25) is 5.10 Å². The SMILES string of the molecule is O=C(Nc1cccc2[nH]ncc12)NC1Cc2ccccc2N(Cc2ccccc2)C1. The summed E-state index contributed by atoms with van der Waals surface area (Å²) in [5, 5.41) is 14.0. The number of nitrogens with one attached hydrogen (secondary N) is 3. The molecule has 1 aliphatic rings. The first-order valence-electron chi connectivity index (χ1n) is 10.1. The van der Waals surface area contributed by atoms with Gasteiger partial charge in [0.15, 0.2) is 0 Å². The average molecular weight is 397 g/mol. The number of carbonyl (C=O) groups excluding carboxylic acids is 1. The van der Waals surface area contributed by atoms with E-state index in [0.29, 0.717) is 0 Å². The van der Waals surface area contributed by atoms with Gasteiger partial charge in [0.05, 0.1) is 23.4 Å². The highest BCUT2D eigenvalue weighted by molar-refractivity contribution is 6.00. The molecule has 1 aliphatic heterocycles. The second-order valence-corrected chi connectivity index (χ2v) is 7.63. The van der Waals surface area contributed by atoms with Gasteiger partial charge in [0.1, 0.15) is 0 Å². The van der Waals surface area contributed by atoms with E-state index >= 15 is 0 Å². The molecule has 0 bridgehead atoms. The van der Waals surface area contributed by atoms with Gasteiger partial charge in [-0.05, 0) is 35.7 Å². The lowest BCUT2D eigenvalue weighted by Gasteiger charge is -2.36. The average Bonchev–Trinajstić information content (AvgIpc) is 3.24. The Hall–Kier alpha value is -3.80. The number of H-pyrrole nitrogens is 1. The molecular weight excluding hydrogens is 374 g/mol. The fraction of sp³-hybridized carbons (Fsp3) is 0.167. The van der Waals surface area contributed by atoms with Gasteiger partial charge in [0.2, 0.25) is 0 Å². The first kappa shape index (κ1) is 18.2. The monoisotopic (exact) mass is 397 g/mol. The molecule has 3 N–H and O–H groups in total. The van der Waals surface area contributed by atoms with Gasteiger partial charge in [0, 0.05) is 24.2 Å². The molecule has 6 heteroatoms. The van der Waals surface area contributed by atoms with Crippen LogP contribution in [0.2, 0.25) is 0 Å². The van der Waals surface area contributed by atoms with Crippen LogP contribution in [0.25, 0.3) is 10.9 Å². The van der Waals surface area contributed by atoms with Gasteiger partial charge in [-0.25, -0.2) is 4.79 Å². The summed E-state index contributed by atoms with van der Waals surface area (Å²) in [6.07, 6.45) is 2.54. The molecule has 1 atom stereocenters. The minimum Gasteiger partial charge on any atom is -0.365 e. The second kappa shape index (κ2) is 7.91. The van der Waals surface area contributed by atoms with Gasteiger partial charge >= 0.3 is 6.03 Å². The van der Waals surface area contributed by atoms with E-state index in [-0.39, 0.29) is 12.1 Å². The van der Waals surface area contributed by atoms with E-state index < -0.39 is 0 Å². The van der Waals surface area contributed by atoms with Crippen LogP contribution in [0, 0.1) is 0 Å². The minimum atomic E-state index is -0.201. The van der Waals surface area contributed by atoms with Crippen molar-refractivity contribution in [1.29, 1.82) is 0 Å². The maximum atomic E-state index is 12.8. The largest absolute Gasteiger partial charge is 0.365 e. The summed E-state index contributed by atoms with van der Waals surface area (Å²) in [6, 6.07) is 24.4. The van der Waals surface area contributed by atoms with Gasteiger partial charge < -0.3 is 15.5 Å². The van der Waals surface area contributed by atoms with Crippen LogP contribution < -0.4 is 15.5 Å². The van der Waals surface area contributed by atoms with Crippen molar-refractivity contribution in [3.63, 3.8) is 0 Å². The Morgan fingerprint density at radius 3 is 2.77 bits per heavy atom. The van der Waals surface area contributed by atoms with Crippen molar-refractivity contribution in [3.05, 3.63) is 90.1 Å². The van der Waals surface area contributed by atoms with E-state index in [0.717, 1.165) is 36.1 Å². The molecule has 4 aromatic rings. The third-order valence-corrected chi connectivity index (χ3v) is 5.52. The molecule has 0 saturated carbocycles. The van der Waals surface area contributed by atoms with Gasteiger partial charge in [-0.2, -0.15) is 5.10 Å². The first-order chi connectivity index (χ1) is 14.8. The molecule has 3 aromatic carbocycles. The topological polar surface area (TPSA) is 73.0 Å². The van der Waals surface area contributed by atoms with Gasteiger partial charge in [-0.1, -0.05) is 54.6 Å². The quantitative estimate of drug-likeness (QED) is 0.480. The Balaban J connectivity index is 1.32. The lowest BCUT2D eigenvalue weighted by molar-refractivity contribution is 0.248. The van der Waals surface area contributed by atoms with Crippen LogP contribution in [0.1, 0.15) is 11.1 Å². The molecular formula is C24H23N5O. The molecule has 0 radical (unpaired) electrons. The Labute approximate surface area is 174 Å². The molecule has 6 nitrogen and oxygen atoms in total. The van der Waals surface area contributed by atoms with Crippen molar-refractivity contribution in [3.8, 4) is 0 Å². The lowest BCUT2D eigenvalue weighted by atomic mass is 9.97. The second-order valence-electron chi connectivity index (χ2n) is 7.63. The molecule has 30 heavy (non-hydrogen) atoms. The normalized spacial score (nSPS) is 15.6. The van der Waals surface area contributed by atoms with E-state index in [9.17, 15) is 4.79 Å². The molecule has 0 aliphatic carbocycles. The van der Waals surface area contributed by atoms with Crippen LogP contribution in [0.3, 0.4) is 0 Å². The van der Waals surface area contributed by atoms with Crippen LogP contribution in [-0.4, -0.2) is 28.8 Å². The predicted octanol–water partition coefficient (Wildman–Crippen LogP) is 4.32. The van der Waals surface area contributed by atoms with Crippen molar-refractivity contribution in [1.82, 2.24) is 15.5 Å². The third kappa shape index (κ3) is 3.72. The predicted molar refractivity (Wildman–Crippen MR) is 120 cm³/mol. The van der Waals surface area contributed by atoms with E-state index in [1.807, 2.05) is 24.3 Å². The zero-order valence-corrected chi connectivity index (χ0v) is 16.5. The van der Waals surface area contributed by atoms with Crippen molar-refractivity contribution < 1.29 is 4.79 Å². The number of carbonyl (C=O) groups is 1. The molecule has 150 valence electrons. The van der Waals surface area contributed by atoms with Crippen LogP contribution in [0.5, 0.6) is 0 Å². The molecule has 2 amide bonds. The Morgan fingerprint density at radius 1 is 1.03 bits per heavy atom. The summed E-state index contributed by atoms with van der Waals surface area (Å²) in [5.41, 5.74) is 5.39. The maximum absolute atomic E-state index is 12.8. The molecule has 2 heterocycles. The highest BCUT2D eigenvalue weighted by Gasteiger charge is 2.25. The standard InChI is InChI=1S/C24H23N5O/c30-24(27-21-10-6-11-22-20(21)14-25-28-22)26-19-13-18-9-4-5-12-23(18)29(16-19)15-17-7-2-1-3-8-17/h1-12,14,19H,13,15-16H2,(H,25,28)(H2,26,27,30). The third-order valence-electron chi connectivity index (χ3n) is 5.52. The lowest BCUT2D eigenvalue weighted by Crippen LogP contribution is -2.49. The van der Waals surface area contributed by atoms with E-state index in [4.69, 9.17) is 0 Å². The number of para-hydroxylation sites is 1. The summed E-state index contributed by atoms with van der Waals surface area (Å²) in [4.78, 5) is 15.1. The number of hydrogen-bond acceptors (Lipinski definition) is 3. The number of urea groups is 1. The molecule has 1 aromatic heterocycles. The Morgan fingerprint density at radius 2 is 1.87 bits per heavy atom. The van der Waals surface area contributed by atoms with E-state index in [1.54, 1.807) is 6.20 Å². The van der Waals surface area contributed by atoms with E-state index in [1.165, 1.54) is 16.8 Å². The van der Waals surface area contributed by atoms with Gasteiger partial charge in [-0.15, -0.1) is 0 Å². The minimum absolute atomic E-state index is 0.0205. The number of rotatable bonds is 4. The summed E-state index contributed by atoms with van der Waals surface area (Å²) in [6.45, 7) is 1.57. The number of aromatic amines is 1. The number of anilines is 2. The first-order valence-corrected chi connectivity index (χ1v) is 10.1. The summed E-state index contributed by atoms with van der Waals surface area (Å²) < 4.78 is 0. The Bertz CT molecular complexity index is 1170. The van der Waals surface area contributed by atoms with Crippen LogP contribution in [-0.2, 0) is 13.0 Å². The molecule has 5 rings (SSSR count). The number of aromatic nitrogens is 2. The van der Waals surface area contributed by atoms with Crippen LogP contribution >= 0.6 is 0 Å². The van der Waals surface area contributed by atoms with Crippen molar-refractivity contribution >= 4 is 28.3 Å². The highest BCUT2D eigenvalue weighted by atomic mass is 16.2. The fourth-order valence-electron chi connectivity index (χ4n) is 4.16. The van der Waals surface area contributed by atoms with Gasteiger partial charge in [0.25, 0.3) is 0 Å². The molecule has 0 fully saturated rings. The summed E-state index contributed by atoms with van der Waals surface area (Å²) >= 11 is 0. The smallest absolute Gasteiger partial charge is 0.319 e. The number of benzene rings is 3. The van der Waals surface area contributed by atoms with Crippen molar-refractivity contribution in [2.24, 2.45) is 0 Å². The maximum Gasteiger partial charge on any atom is 0.319 e. The molecule has 1 unspecified atom stereocenters. The summed E-state index contributed by atoms with van der Waals surface area (Å²) in [7, 11) is 0. The van der Waals surface area contributed by atoms with Crippen LogP contribution in [0.15, 0.2) is 79.0 Å². The summed E-state index contributed by atoms with van der Waals surface area (Å²) in [5.74, 6) is 0. The van der Waals surface area contributed by atoms with Crippen molar-refractivity contribution in [2.75, 3.05) is 16.8 Å². The zero-order valence-electron chi connectivity index (χ0n) is 16.5. The Kier molecular flexibility index (Phi) is 4.81. The van der Waals surface area contributed by atoms with E-state index in [2.05, 4.69) is 74.3 Å². The molecule has 0 saturated heterocycles. The number of nitrogens with zero attached hydrogens (tertiary/aromatic N) is 2. The highest BCUT2D eigenvalue weighted by Crippen LogP contribution is 2.28. The van der Waals surface area contributed by atoms with Crippen molar-refractivity contribution in [2.45, 2.75) is 19.0 Å². The molecule has 0 spiro atoms. The fourth-order valence-corrected chi connectivity index (χ4v) is 4.16. The van der Waals surface area contributed by atoms with Crippen LogP contribution in [0.4, 0.5) is 16.2 Å². The zero-order chi connectivity index (χ0) is 20.3. The number of fused-ring (bicyclic) bond motifs is 2. The number of hydrogen-bond donors (Lipinski definition) is 3.